The lowest BCUT2D eigenvalue weighted by molar-refractivity contribution is -0.139. The Morgan fingerprint density at radius 3 is 2.56 bits per heavy atom. The van der Waals surface area contributed by atoms with Crippen molar-refractivity contribution in [3.8, 4) is 34.1 Å². The number of carbonyl (C=O) groups is 1. The van der Waals surface area contributed by atoms with E-state index in [9.17, 15) is 15.0 Å². The highest BCUT2D eigenvalue weighted by atomic mass is 35.5. The number of aromatic hydroxyl groups is 1. The smallest absolute Gasteiger partial charge is 0.314 e. The molecule has 7 heteroatoms. The van der Waals surface area contributed by atoms with E-state index in [2.05, 4.69) is 0 Å². The SMILES string of the molecule is COc1c(Cl)cc(OCc2ccccc2)c2c1-c1c(O)cccc1OC(=O)C[C@](C)(O)C2. The van der Waals surface area contributed by atoms with Gasteiger partial charge in [0.1, 0.15) is 29.6 Å². The minimum absolute atomic E-state index is 0.0445. The third kappa shape index (κ3) is 4.38. The van der Waals surface area contributed by atoms with E-state index in [-0.39, 0.29) is 47.3 Å². The van der Waals surface area contributed by atoms with Gasteiger partial charge in [0.2, 0.25) is 0 Å². The van der Waals surface area contributed by atoms with Crippen LogP contribution in [-0.4, -0.2) is 28.9 Å². The first-order chi connectivity index (χ1) is 15.3. The molecule has 6 nitrogen and oxygen atoms in total. The lowest BCUT2D eigenvalue weighted by atomic mass is 9.87. The number of hydrogen-bond acceptors (Lipinski definition) is 6. The zero-order chi connectivity index (χ0) is 22.9. The van der Waals surface area contributed by atoms with Gasteiger partial charge in [-0.1, -0.05) is 48.0 Å². The molecule has 0 radical (unpaired) electrons. The Kier molecular flexibility index (Phi) is 6.00. The Labute approximate surface area is 190 Å². The van der Waals surface area contributed by atoms with E-state index in [1.165, 1.54) is 13.2 Å². The zero-order valence-corrected chi connectivity index (χ0v) is 18.5. The van der Waals surface area contributed by atoms with Crippen LogP contribution in [-0.2, 0) is 17.8 Å². The molecule has 0 spiro atoms. The number of methoxy groups -OCH3 is 1. The van der Waals surface area contributed by atoms with Crippen LogP contribution >= 0.6 is 11.6 Å². The van der Waals surface area contributed by atoms with Crippen molar-refractivity contribution in [1.82, 2.24) is 0 Å². The molecule has 0 aliphatic carbocycles. The average Bonchev–Trinajstić information content (AvgIpc) is 2.78. The Morgan fingerprint density at radius 2 is 1.84 bits per heavy atom. The first kappa shape index (κ1) is 22.0. The standard InChI is InChI=1S/C25H23ClO6/c1-25(29)12-16-20(31-14-15-7-4-3-5-8-15)11-17(26)24(30-2)22(16)23-18(27)9-6-10-19(23)32-21(28)13-25/h3-11,27,29H,12-14H2,1-2H3/t25-/m1/s1. The van der Waals surface area contributed by atoms with Crippen molar-refractivity contribution < 1.29 is 29.2 Å². The van der Waals surface area contributed by atoms with Gasteiger partial charge in [-0.2, -0.15) is 0 Å². The van der Waals surface area contributed by atoms with E-state index in [4.69, 9.17) is 25.8 Å². The number of benzene rings is 3. The van der Waals surface area contributed by atoms with Crippen molar-refractivity contribution >= 4 is 17.6 Å². The zero-order valence-electron chi connectivity index (χ0n) is 17.7. The van der Waals surface area contributed by atoms with Gasteiger partial charge in [-0.15, -0.1) is 0 Å². The van der Waals surface area contributed by atoms with E-state index in [0.717, 1.165) is 5.56 Å². The molecule has 1 aliphatic rings. The van der Waals surface area contributed by atoms with Crippen LogP contribution in [0.4, 0.5) is 0 Å². The number of rotatable bonds is 4. The van der Waals surface area contributed by atoms with Crippen molar-refractivity contribution in [2.75, 3.05) is 7.11 Å². The summed E-state index contributed by atoms with van der Waals surface area (Å²) in [4.78, 5) is 12.5. The van der Waals surface area contributed by atoms with Gasteiger partial charge in [0.25, 0.3) is 0 Å². The lowest BCUT2D eigenvalue weighted by Gasteiger charge is -2.25. The number of halogens is 1. The first-order valence-corrected chi connectivity index (χ1v) is 10.5. The fourth-order valence-corrected chi connectivity index (χ4v) is 4.19. The summed E-state index contributed by atoms with van der Waals surface area (Å²) in [6, 6.07) is 15.9. The van der Waals surface area contributed by atoms with E-state index < -0.39 is 11.6 Å². The van der Waals surface area contributed by atoms with E-state index >= 15 is 0 Å². The molecule has 1 aliphatic heterocycles. The molecular weight excluding hydrogens is 432 g/mol. The molecule has 0 saturated carbocycles. The second-order valence-electron chi connectivity index (χ2n) is 7.99. The molecule has 166 valence electrons. The van der Waals surface area contributed by atoms with Gasteiger partial charge in [0, 0.05) is 23.6 Å². The Balaban J connectivity index is 1.96. The van der Waals surface area contributed by atoms with Gasteiger partial charge in [0.05, 0.1) is 29.7 Å². The summed E-state index contributed by atoms with van der Waals surface area (Å²) in [6.07, 6.45) is -0.201. The fourth-order valence-electron chi connectivity index (χ4n) is 3.92. The molecule has 0 aromatic heterocycles. The van der Waals surface area contributed by atoms with Gasteiger partial charge >= 0.3 is 5.97 Å². The molecule has 3 aromatic carbocycles. The highest BCUT2D eigenvalue weighted by Crippen LogP contribution is 2.51. The van der Waals surface area contributed by atoms with Gasteiger partial charge in [-0.3, -0.25) is 4.79 Å². The van der Waals surface area contributed by atoms with Crippen molar-refractivity contribution in [3.63, 3.8) is 0 Å². The van der Waals surface area contributed by atoms with Crippen molar-refractivity contribution in [2.24, 2.45) is 0 Å². The first-order valence-electron chi connectivity index (χ1n) is 10.1. The van der Waals surface area contributed by atoms with Gasteiger partial charge in [-0.05, 0) is 24.6 Å². The highest BCUT2D eigenvalue weighted by Gasteiger charge is 2.35. The lowest BCUT2D eigenvalue weighted by Crippen LogP contribution is -2.32. The summed E-state index contributed by atoms with van der Waals surface area (Å²) < 4.78 is 17.2. The van der Waals surface area contributed by atoms with Crippen LogP contribution in [0.15, 0.2) is 54.6 Å². The summed E-state index contributed by atoms with van der Waals surface area (Å²) in [5.41, 5.74) is 0.717. The fraction of sp³-hybridized carbons (Fsp3) is 0.240. The highest BCUT2D eigenvalue weighted by molar-refractivity contribution is 6.33. The molecule has 0 bridgehead atoms. The van der Waals surface area contributed by atoms with Crippen molar-refractivity contribution in [2.45, 2.75) is 32.0 Å². The maximum atomic E-state index is 12.5. The minimum atomic E-state index is -1.44. The van der Waals surface area contributed by atoms with Crippen LogP contribution in [0.25, 0.3) is 11.1 Å². The van der Waals surface area contributed by atoms with Crippen molar-refractivity contribution in [3.05, 3.63) is 70.7 Å². The van der Waals surface area contributed by atoms with E-state index in [1.807, 2.05) is 30.3 Å². The van der Waals surface area contributed by atoms with Crippen LogP contribution in [0.1, 0.15) is 24.5 Å². The normalized spacial score (nSPS) is 17.8. The second-order valence-corrected chi connectivity index (χ2v) is 8.40. The molecular formula is C25H23ClO6. The Morgan fingerprint density at radius 1 is 1.09 bits per heavy atom. The molecule has 0 saturated heterocycles. The summed E-state index contributed by atoms with van der Waals surface area (Å²) in [7, 11) is 1.46. The maximum Gasteiger partial charge on any atom is 0.314 e. The third-order valence-electron chi connectivity index (χ3n) is 5.30. The number of hydrogen-bond donors (Lipinski definition) is 2. The number of fused-ring (bicyclic) bond motifs is 3. The number of phenolic OH excluding ortho intramolecular Hbond substituents is 1. The van der Waals surface area contributed by atoms with Crippen LogP contribution in [0, 0.1) is 0 Å². The molecule has 0 fully saturated rings. The summed E-state index contributed by atoms with van der Waals surface area (Å²) in [6.45, 7) is 1.82. The van der Waals surface area contributed by atoms with Gasteiger partial charge in [-0.25, -0.2) is 0 Å². The monoisotopic (exact) mass is 454 g/mol. The number of ether oxygens (including phenoxy) is 3. The number of phenols is 1. The van der Waals surface area contributed by atoms with Crippen molar-refractivity contribution in [1.29, 1.82) is 0 Å². The number of aliphatic hydroxyl groups is 1. The predicted octanol–water partition coefficient (Wildman–Crippen LogP) is 4.90. The molecule has 4 rings (SSSR count). The predicted molar refractivity (Wildman–Crippen MR) is 120 cm³/mol. The molecule has 3 aromatic rings. The van der Waals surface area contributed by atoms with Crippen LogP contribution in [0.3, 0.4) is 0 Å². The molecule has 0 amide bonds. The number of esters is 1. The van der Waals surface area contributed by atoms with Gasteiger partial charge in [0.15, 0.2) is 0 Å². The quantitative estimate of drug-likeness (QED) is 0.430. The van der Waals surface area contributed by atoms with E-state index in [1.54, 1.807) is 25.1 Å². The summed E-state index contributed by atoms with van der Waals surface area (Å²) in [5.74, 6) is 0.103. The Hall–Kier alpha value is -3.22. The summed E-state index contributed by atoms with van der Waals surface area (Å²) in [5, 5.41) is 22.0. The topological polar surface area (TPSA) is 85.2 Å². The van der Waals surface area contributed by atoms with Crippen LogP contribution in [0.5, 0.6) is 23.0 Å². The van der Waals surface area contributed by atoms with E-state index in [0.29, 0.717) is 16.9 Å². The largest absolute Gasteiger partial charge is 0.507 e. The molecule has 1 atom stereocenters. The molecule has 2 N–H and O–H groups in total. The molecule has 1 heterocycles. The molecule has 0 unspecified atom stereocenters. The summed E-state index contributed by atoms with van der Waals surface area (Å²) >= 11 is 6.54. The van der Waals surface area contributed by atoms with Crippen LogP contribution < -0.4 is 14.2 Å². The number of carbonyl (C=O) groups excluding carboxylic acids is 1. The minimum Gasteiger partial charge on any atom is -0.507 e. The molecule has 32 heavy (non-hydrogen) atoms. The van der Waals surface area contributed by atoms with Gasteiger partial charge < -0.3 is 24.4 Å². The third-order valence-corrected chi connectivity index (χ3v) is 5.58. The maximum absolute atomic E-state index is 12.5. The van der Waals surface area contributed by atoms with Crippen LogP contribution in [0.2, 0.25) is 5.02 Å². The second kappa shape index (κ2) is 8.73. The average molecular weight is 455 g/mol. The Bertz CT molecular complexity index is 1160.